The van der Waals surface area contributed by atoms with Crippen LogP contribution in [-0.2, 0) is 17.8 Å². The van der Waals surface area contributed by atoms with Crippen molar-refractivity contribution < 1.29 is 14.7 Å². The number of H-pyrrole nitrogens is 1. The molecule has 0 bridgehead atoms. The monoisotopic (exact) mass is 309 g/mol. The minimum absolute atomic E-state index is 0.141. The maximum absolute atomic E-state index is 11.8. The second-order valence-corrected chi connectivity index (χ2v) is 5.30. The number of carbonyl (C=O) groups is 2. The van der Waals surface area contributed by atoms with Crippen LogP contribution in [0.3, 0.4) is 0 Å². The topological polar surface area (TPSA) is 120 Å². The number of carboxylic acid groups (broad SMARTS) is 1. The van der Waals surface area contributed by atoms with E-state index in [4.69, 9.17) is 5.11 Å². The minimum Gasteiger partial charge on any atom is -0.480 e. The summed E-state index contributed by atoms with van der Waals surface area (Å²) in [4.78, 5) is 34.6. The fourth-order valence-corrected chi connectivity index (χ4v) is 2.40. The number of aromatic amines is 1. The molecule has 9 heteroatoms. The van der Waals surface area contributed by atoms with Crippen LogP contribution in [0.4, 0.5) is 4.79 Å². The Labute approximate surface area is 124 Å². The molecule has 0 saturated heterocycles. The predicted molar refractivity (Wildman–Crippen MR) is 75.9 cm³/mol. The molecule has 8 nitrogen and oxygen atoms in total. The van der Waals surface area contributed by atoms with Gasteiger partial charge in [-0.2, -0.15) is 0 Å². The number of aryl methyl sites for hydroxylation is 1. The Hall–Kier alpha value is -2.42. The number of imidazole rings is 1. The van der Waals surface area contributed by atoms with E-state index in [1.807, 2.05) is 6.92 Å². The molecular weight excluding hydrogens is 294 g/mol. The van der Waals surface area contributed by atoms with Gasteiger partial charge >= 0.3 is 12.0 Å². The van der Waals surface area contributed by atoms with Crippen molar-refractivity contribution in [2.45, 2.75) is 25.9 Å². The number of carbonyl (C=O) groups excluding carboxylic acids is 1. The molecule has 0 spiro atoms. The molecule has 0 fully saturated rings. The number of amides is 2. The lowest BCUT2D eigenvalue weighted by molar-refractivity contribution is -0.139. The van der Waals surface area contributed by atoms with Crippen molar-refractivity contribution in [1.29, 1.82) is 0 Å². The summed E-state index contributed by atoms with van der Waals surface area (Å²) in [5.41, 5.74) is 3.19. The molecule has 2 aromatic heterocycles. The van der Waals surface area contributed by atoms with Crippen LogP contribution in [0, 0.1) is 6.92 Å². The Kier molecular flexibility index (Phi) is 4.88. The van der Waals surface area contributed by atoms with E-state index < -0.39 is 18.0 Å². The average Bonchev–Trinajstić information content (AvgIpc) is 3.07. The molecule has 0 radical (unpaired) electrons. The number of nitrogens with one attached hydrogen (secondary N) is 3. The van der Waals surface area contributed by atoms with Crippen molar-refractivity contribution in [2.75, 3.05) is 0 Å². The molecule has 0 saturated carbocycles. The first kappa shape index (κ1) is 15.0. The Morgan fingerprint density at radius 2 is 2.33 bits per heavy atom. The van der Waals surface area contributed by atoms with Gasteiger partial charge in [-0.15, -0.1) is 11.3 Å². The van der Waals surface area contributed by atoms with Crippen LogP contribution in [0.15, 0.2) is 18.0 Å². The number of carboxylic acids is 1. The lowest BCUT2D eigenvalue weighted by atomic mass is 10.2. The van der Waals surface area contributed by atoms with Crippen LogP contribution >= 0.6 is 11.3 Å². The quantitative estimate of drug-likeness (QED) is 0.625. The van der Waals surface area contributed by atoms with Crippen LogP contribution in [-0.4, -0.2) is 38.1 Å². The van der Waals surface area contributed by atoms with E-state index in [-0.39, 0.29) is 6.42 Å². The number of nitrogens with zero attached hydrogens (tertiary/aromatic N) is 2. The molecule has 112 valence electrons. The average molecular weight is 309 g/mol. The van der Waals surface area contributed by atoms with Gasteiger partial charge in [-0.25, -0.2) is 19.6 Å². The summed E-state index contributed by atoms with van der Waals surface area (Å²) in [5.74, 6) is -1.10. The minimum atomic E-state index is -1.10. The maximum Gasteiger partial charge on any atom is 0.326 e. The maximum atomic E-state index is 11.8. The van der Waals surface area contributed by atoms with E-state index in [1.54, 1.807) is 5.51 Å². The number of hydrogen-bond acceptors (Lipinski definition) is 5. The third kappa shape index (κ3) is 4.28. The van der Waals surface area contributed by atoms with Crippen LogP contribution in [0.25, 0.3) is 0 Å². The summed E-state index contributed by atoms with van der Waals surface area (Å²) in [6.07, 6.45) is 3.12. The lowest BCUT2D eigenvalue weighted by Gasteiger charge is -2.14. The summed E-state index contributed by atoms with van der Waals surface area (Å²) in [6, 6.07) is -1.55. The molecular formula is C12H15N5O3S. The van der Waals surface area contributed by atoms with Crippen molar-refractivity contribution >= 4 is 23.3 Å². The van der Waals surface area contributed by atoms with E-state index in [2.05, 4.69) is 25.6 Å². The van der Waals surface area contributed by atoms with Gasteiger partial charge < -0.3 is 20.7 Å². The molecule has 0 aliphatic carbocycles. The summed E-state index contributed by atoms with van der Waals surface area (Å²) < 4.78 is 0. The van der Waals surface area contributed by atoms with E-state index in [0.717, 1.165) is 10.6 Å². The molecule has 2 amide bonds. The van der Waals surface area contributed by atoms with Gasteiger partial charge in [0.15, 0.2) is 0 Å². The van der Waals surface area contributed by atoms with E-state index >= 15 is 0 Å². The largest absolute Gasteiger partial charge is 0.480 e. The van der Waals surface area contributed by atoms with Crippen molar-refractivity contribution in [3.05, 3.63) is 34.3 Å². The highest BCUT2D eigenvalue weighted by atomic mass is 32.1. The van der Waals surface area contributed by atoms with Crippen molar-refractivity contribution in [1.82, 2.24) is 25.6 Å². The third-order valence-electron chi connectivity index (χ3n) is 2.84. The molecule has 0 aliphatic heterocycles. The highest BCUT2D eigenvalue weighted by Gasteiger charge is 2.21. The number of rotatable bonds is 6. The number of thiazole rings is 1. The normalized spacial score (nSPS) is 11.9. The molecule has 0 aliphatic rings. The Bertz CT molecular complexity index is 610. The highest BCUT2D eigenvalue weighted by molar-refractivity contribution is 7.09. The number of urea groups is 1. The number of hydrogen-bond donors (Lipinski definition) is 4. The van der Waals surface area contributed by atoms with Crippen molar-refractivity contribution in [2.24, 2.45) is 0 Å². The van der Waals surface area contributed by atoms with Gasteiger partial charge in [0.2, 0.25) is 0 Å². The van der Waals surface area contributed by atoms with Crippen molar-refractivity contribution in [3.8, 4) is 0 Å². The summed E-state index contributed by atoms with van der Waals surface area (Å²) in [6.45, 7) is 2.17. The fraction of sp³-hybridized carbons (Fsp3) is 0.333. The molecule has 0 unspecified atom stereocenters. The molecule has 0 aromatic carbocycles. The Morgan fingerprint density at radius 3 is 2.90 bits per heavy atom. The van der Waals surface area contributed by atoms with Crippen LogP contribution in [0.2, 0.25) is 0 Å². The first-order valence-corrected chi connectivity index (χ1v) is 7.07. The predicted octanol–water partition coefficient (Wildman–Crippen LogP) is 0.670. The van der Waals surface area contributed by atoms with E-state index in [0.29, 0.717) is 12.2 Å². The van der Waals surface area contributed by atoms with Gasteiger partial charge in [-0.05, 0) is 6.92 Å². The molecule has 21 heavy (non-hydrogen) atoms. The van der Waals surface area contributed by atoms with Gasteiger partial charge in [0.25, 0.3) is 0 Å². The second kappa shape index (κ2) is 6.84. The summed E-state index contributed by atoms with van der Waals surface area (Å²) in [5, 5.41) is 14.2. The van der Waals surface area contributed by atoms with Crippen molar-refractivity contribution in [3.63, 3.8) is 0 Å². The molecule has 4 N–H and O–H groups in total. The van der Waals surface area contributed by atoms with Crippen LogP contribution in [0.1, 0.15) is 16.3 Å². The van der Waals surface area contributed by atoms with Gasteiger partial charge in [0, 0.05) is 23.2 Å². The first-order valence-electron chi connectivity index (χ1n) is 6.19. The highest BCUT2D eigenvalue weighted by Crippen LogP contribution is 2.11. The Balaban J connectivity index is 1.86. The molecule has 1 atom stereocenters. The zero-order valence-electron chi connectivity index (χ0n) is 11.3. The summed E-state index contributed by atoms with van der Waals surface area (Å²) >= 11 is 1.44. The smallest absolute Gasteiger partial charge is 0.326 e. The molecule has 2 heterocycles. The van der Waals surface area contributed by atoms with E-state index in [9.17, 15) is 9.59 Å². The van der Waals surface area contributed by atoms with E-state index in [1.165, 1.54) is 23.9 Å². The van der Waals surface area contributed by atoms with Gasteiger partial charge in [-0.3, -0.25) is 0 Å². The Morgan fingerprint density at radius 1 is 1.52 bits per heavy atom. The SMILES string of the molecule is Cc1ncsc1CNC(=O)N[C@H](Cc1cnc[nH]1)C(=O)O. The van der Waals surface area contributed by atoms with Gasteiger partial charge in [-0.1, -0.05) is 0 Å². The van der Waals surface area contributed by atoms with Gasteiger partial charge in [0.05, 0.1) is 24.1 Å². The zero-order chi connectivity index (χ0) is 15.2. The lowest BCUT2D eigenvalue weighted by Crippen LogP contribution is -2.46. The molecule has 2 rings (SSSR count). The second-order valence-electron chi connectivity index (χ2n) is 4.36. The van der Waals surface area contributed by atoms with Crippen LogP contribution in [0.5, 0.6) is 0 Å². The third-order valence-corrected chi connectivity index (χ3v) is 3.77. The first-order chi connectivity index (χ1) is 10.1. The summed E-state index contributed by atoms with van der Waals surface area (Å²) in [7, 11) is 0. The van der Waals surface area contributed by atoms with Crippen LogP contribution < -0.4 is 10.6 Å². The molecule has 2 aromatic rings. The van der Waals surface area contributed by atoms with Gasteiger partial charge in [0.1, 0.15) is 6.04 Å². The standard InChI is InChI=1S/C12H15N5O3S/c1-7-10(21-6-16-7)4-14-12(20)17-9(11(18)19)2-8-3-13-5-15-8/h3,5-6,9H,2,4H2,1H3,(H,13,15)(H,18,19)(H2,14,17,20)/t9-/m1/s1. The zero-order valence-corrected chi connectivity index (χ0v) is 12.1. The fourth-order valence-electron chi connectivity index (χ4n) is 1.68. The number of aromatic nitrogens is 3. The number of aliphatic carboxylic acids is 1.